The Balaban J connectivity index is 1.81. The highest BCUT2D eigenvalue weighted by Gasteiger charge is 2.18. The van der Waals surface area contributed by atoms with Crippen LogP contribution in [0.3, 0.4) is 0 Å². The summed E-state index contributed by atoms with van der Waals surface area (Å²) >= 11 is 0. The number of rotatable bonds is 5. The first-order valence-electron chi connectivity index (χ1n) is 7.53. The van der Waals surface area contributed by atoms with Gasteiger partial charge in [-0.1, -0.05) is 12.8 Å². The van der Waals surface area contributed by atoms with E-state index in [4.69, 9.17) is 6.42 Å². The second-order valence-corrected chi connectivity index (χ2v) is 5.38. The summed E-state index contributed by atoms with van der Waals surface area (Å²) in [6.45, 7) is 4.69. The van der Waals surface area contributed by atoms with Gasteiger partial charge in [0.1, 0.15) is 0 Å². The van der Waals surface area contributed by atoms with Gasteiger partial charge in [-0.15, -0.1) is 6.42 Å². The maximum Gasteiger partial charge on any atom is 0.224 e. The zero-order chi connectivity index (χ0) is 15.1. The molecule has 21 heavy (non-hydrogen) atoms. The minimum absolute atomic E-state index is 0.0385. The number of hydrogen-bond acceptors (Lipinski definition) is 3. The van der Waals surface area contributed by atoms with Crippen LogP contribution in [0, 0.1) is 12.3 Å². The largest absolute Gasteiger partial charge is 0.382 e. The first-order chi connectivity index (χ1) is 10.2. The summed E-state index contributed by atoms with van der Waals surface area (Å²) in [6.07, 6.45) is 8.05. The van der Waals surface area contributed by atoms with Crippen molar-refractivity contribution in [1.29, 1.82) is 0 Å². The molecule has 112 valence electrons. The molecule has 4 nitrogen and oxygen atoms in total. The number of carbonyl (C=O) groups excluding carboxylic acids is 1. The van der Waals surface area contributed by atoms with Crippen LogP contribution < -0.4 is 10.6 Å². The fourth-order valence-electron chi connectivity index (χ4n) is 2.50. The van der Waals surface area contributed by atoms with E-state index >= 15 is 0 Å². The molecule has 1 amide bonds. The molecule has 0 saturated carbocycles. The Morgan fingerprint density at radius 1 is 1.29 bits per heavy atom. The Kier molecular flexibility index (Phi) is 5.65. The maximum atomic E-state index is 11.3. The number of hydrogen-bond donors (Lipinski definition) is 2. The third-order valence-corrected chi connectivity index (χ3v) is 3.76. The number of nitrogens with zero attached hydrogens (tertiary/aromatic N) is 1. The van der Waals surface area contributed by atoms with E-state index in [1.807, 2.05) is 31.2 Å². The summed E-state index contributed by atoms with van der Waals surface area (Å²) in [5.74, 6) is 2.74. The molecular weight excluding hydrogens is 262 g/mol. The lowest BCUT2D eigenvalue weighted by Gasteiger charge is -2.31. The first kappa shape index (κ1) is 15.4. The summed E-state index contributed by atoms with van der Waals surface area (Å²) in [5, 5.41) is 6.40. The van der Waals surface area contributed by atoms with E-state index in [0.29, 0.717) is 12.5 Å². The van der Waals surface area contributed by atoms with Gasteiger partial charge in [0, 0.05) is 36.9 Å². The van der Waals surface area contributed by atoms with E-state index in [1.165, 1.54) is 0 Å². The average Bonchev–Trinajstić information content (AvgIpc) is 2.51. The number of terminal acetylenes is 1. The summed E-state index contributed by atoms with van der Waals surface area (Å²) in [4.78, 5) is 13.6. The highest BCUT2D eigenvalue weighted by atomic mass is 16.1. The van der Waals surface area contributed by atoms with Gasteiger partial charge in [0.15, 0.2) is 0 Å². The predicted octanol–water partition coefficient (Wildman–Crippen LogP) is 2.54. The van der Waals surface area contributed by atoms with Crippen LogP contribution in [0.15, 0.2) is 24.3 Å². The molecule has 0 atom stereocenters. The zero-order valence-electron chi connectivity index (χ0n) is 12.6. The zero-order valence-corrected chi connectivity index (χ0v) is 12.6. The lowest BCUT2D eigenvalue weighted by Crippen LogP contribution is -2.39. The lowest BCUT2D eigenvalue weighted by molar-refractivity contribution is -0.115. The summed E-state index contributed by atoms with van der Waals surface area (Å²) in [5.41, 5.74) is 1.94. The standard InChI is InChI=1S/C17H23N3O/c1-3-11-20-12-9-16(10-13-20)18-14-5-7-15(8-6-14)19-17(21)4-2/h1,5-8,16,18H,4,9-13H2,2H3,(H,19,21). The number of likely N-dealkylation sites (tertiary alicyclic amines) is 1. The Hall–Kier alpha value is -1.99. The van der Waals surface area contributed by atoms with E-state index in [0.717, 1.165) is 43.9 Å². The minimum atomic E-state index is 0.0385. The molecule has 0 bridgehead atoms. The van der Waals surface area contributed by atoms with Gasteiger partial charge in [0.05, 0.1) is 6.54 Å². The van der Waals surface area contributed by atoms with Crippen molar-refractivity contribution in [3.63, 3.8) is 0 Å². The molecule has 0 radical (unpaired) electrons. The Labute approximate surface area is 126 Å². The molecule has 0 spiro atoms. The van der Waals surface area contributed by atoms with Crippen molar-refractivity contribution in [3.8, 4) is 12.3 Å². The minimum Gasteiger partial charge on any atom is -0.382 e. The molecular formula is C17H23N3O. The van der Waals surface area contributed by atoms with Crippen LogP contribution in [0.4, 0.5) is 11.4 Å². The number of nitrogens with one attached hydrogen (secondary N) is 2. The molecule has 1 fully saturated rings. The van der Waals surface area contributed by atoms with Crippen LogP contribution >= 0.6 is 0 Å². The molecule has 1 aromatic carbocycles. The van der Waals surface area contributed by atoms with E-state index in [1.54, 1.807) is 0 Å². The quantitative estimate of drug-likeness (QED) is 0.817. The first-order valence-corrected chi connectivity index (χ1v) is 7.53. The molecule has 1 aliphatic rings. The molecule has 2 rings (SSSR count). The lowest BCUT2D eigenvalue weighted by atomic mass is 10.0. The molecule has 1 aliphatic heterocycles. The second-order valence-electron chi connectivity index (χ2n) is 5.38. The highest BCUT2D eigenvalue weighted by molar-refractivity contribution is 5.90. The smallest absolute Gasteiger partial charge is 0.224 e. The maximum absolute atomic E-state index is 11.3. The number of benzene rings is 1. The topological polar surface area (TPSA) is 44.4 Å². The van der Waals surface area contributed by atoms with Gasteiger partial charge in [0.25, 0.3) is 0 Å². The van der Waals surface area contributed by atoms with Crippen LogP contribution in [-0.2, 0) is 4.79 Å². The van der Waals surface area contributed by atoms with Crippen LogP contribution in [0.2, 0.25) is 0 Å². The monoisotopic (exact) mass is 285 g/mol. The molecule has 0 aromatic heterocycles. The SMILES string of the molecule is C#CCN1CCC(Nc2ccc(NC(=O)CC)cc2)CC1. The Bertz CT molecular complexity index is 496. The van der Waals surface area contributed by atoms with Gasteiger partial charge in [-0.05, 0) is 37.1 Å². The van der Waals surface area contributed by atoms with Crippen molar-refractivity contribution < 1.29 is 4.79 Å². The summed E-state index contributed by atoms with van der Waals surface area (Å²) in [7, 11) is 0. The van der Waals surface area contributed by atoms with E-state index < -0.39 is 0 Å². The number of amides is 1. The van der Waals surface area contributed by atoms with Crippen molar-refractivity contribution in [2.45, 2.75) is 32.2 Å². The van der Waals surface area contributed by atoms with Crippen molar-refractivity contribution in [1.82, 2.24) is 4.90 Å². The van der Waals surface area contributed by atoms with Gasteiger partial charge in [-0.25, -0.2) is 0 Å². The number of anilines is 2. The van der Waals surface area contributed by atoms with Gasteiger partial charge in [0.2, 0.25) is 5.91 Å². The molecule has 4 heteroatoms. The van der Waals surface area contributed by atoms with Crippen LogP contribution in [0.25, 0.3) is 0 Å². The number of piperidine rings is 1. The van der Waals surface area contributed by atoms with Gasteiger partial charge >= 0.3 is 0 Å². The van der Waals surface area contributed by atoms with Crippen LogP contribution in [0.1, 0.15) is 26.2 Å². The Morgan fingerprint density at radius 2 is 1.90 bits per heavy atom. The summed E-state index contributed by atoms with van der Waals surface area (Å²) < 4.78 is 0. The van der Waals surface area contributed by atoms with Gasteiger partial charge in [-0.3, -0.25) is 9.69 Å². The third-order valence-electron chi connectivity index (χ3n) is 3.76. The molecule has 2 N–H and O–H groups in total. The predicted molar refractivity (Wildman–Crippen MR) is 87.3 cm³/mol. The van der Waals surface area contributed by atoms with Crippen LogP contribution in [0.5, 0.6) is 0 Å². The van der Waals surface area contributed by atoms with Gasteiger partial charge in [-0.2, -0.15) is 0 Å². The van der Waals surface area contributed by atoms with Gasteiger partial charge < -0.3 is 10.6 Å². The highest BCUT2D eigenvalue weighted by Crippen LogP contribution is 2.18. The average molecular weight is 285 g/mol. The normalized spacial score (nSPS) is 16.2. The summed E-state index contributed by atoms with van der Waals surface area (Å²) in [6, 6.07) is 8.39. The molecule has 1 heterocycles. The molecule has 1 saturated heterocycles. The molecule has 0 unspecified atom stereocenters. The fraction of sp³-hybridized carbons (Fsp3) is 0.471. The third kappa shape index (κ3) is 4.80. The van der Waals surface area contributed by atoms with E-state index in [9.17, 15) is 4.79 Å². The second kappa shape index (κ2) is 7.70. The van der Waals surface area contributed by atoms with Crippen molar-refractivity contribution in [2.75, 3.05) is 30.3 Å². The molecule has 1 aromatic rings. The Morgan fingerprint density at radius 3 is 2.48 bits per heavy atom. The van der Waals surface area contributed by atoms with Crippen molar-refractivity contribution >= 4 is 17.3 Å². The van der Waals surface area contributed by atoms with Crippen molar-refractivity contribution in [2.24, 2.45) is 0 Å². The number of carbonyl (C=O) groups is 1. The van der Waals surface area contributed by atoms with E-state index in [2.05, 4.69) is 21.5 Å². The molecule has 0 aliphatic carbocycles. The van der Waals surface area contributed by atoms with Crippen LogP contribution in [-0.4, -0.2) is 36.5 Å². The van der Waals surface area contributed by atoms with E-state index in [-0.39, 0.29) is 5.91 Å². The fourth-order valence-corrected chi connectivity index (χ4v) is 2.50. The van der Waals surface area contributed by atoms with Crippen molar-refractivity contribution in [3.05, 3.63) is 24.3 Å².